The van der Waals surface area contributed by atoms with Crippen LogP contribution in [0, 0.1) is 11.7 Å². The zero-order valence-corrected chi connectivity index (χ0v) is 11.6. The van der Waals surface area contributed by atoms with Crippen LogP contribution in [0.4, 0.5) is 4.39 Å². The Hall–Kier alpha value is -0.930. The van der Waals surface area contributed by atoms with Gasteiger partial charge in [0, 0.05) is 12.6 Å². The van der Waals surface area contributed by atoms with E-state index in [1.807, 2.05) is 6.07 Å². The van der Waals surface area contributed by atoms with Crippen molar-refractivity contribution in [3.8, 4) is 0 Å². The second-order valence-corrected chi connectivity index (χ2v) is 5.54. The van der Waals surface area contributed by atoms with Gasteiger partial charge in [0.1, 0.15) is 5.82 Å². The van der Waals surface area contributed by atoms with Gasteiger partial charge in [-0.05, 0) is 42.9 Å². The topological polar surface area (TPSA) is 32.3 Å². The van der Waals surface area contributed by atoms with Crippen molar-refractivity contribution in [1.82, 2.24) is 5.32 Å². The van der Waals surface area contributed by atoms with E-state index >= 15 is 0 Å². The smallest absolute Gasteiger partial charge is 0.123 e. The molecule has 1 aliphatic rings. The third-order valence-electron chi connectivity index (χ3n) is 4.15. The second kappa shape index (κ2) is 7.01. The monoisotopic (exact) mass is 265 g/mol. The number of hydrogen-bond acceptors (Lipinski definition) is 2. The van der Waals surface area contributed by atoms with Crippen molar-refractivity contribution in [2.24, 2.45) is 5.92 Å². The molecular weight excluding hydrogens is 241 g/mol. The molecule has 0 aromatic heterocycles. The summed E-state index contributed by atoms with van der Waals surface area (Å²) in [5.74, 6) is 0.159. The van der Waals surface area contributed by atoms with E-state index < -0.39 is 0 Å². The molecule has 3 unspecified atom stereocenters. The van der Waals surface area contributed by atoms with Crippen molar-refractivity contribution in [2.75, 3.05) is 6.54 Å². The Morgan fingerprint density at radius 1 is 1.37 bits per heavy atom. The lowest BCUT2D eigenvalue weighted by molar-refractivity contribution is 0.0680. The van der Waals surface area contributed by atoms with Gasteiger partial charge in [0.2, 0.25) is 0 Å². The number of rotatable bonds is 5. The van der Waals surface area contributed by atoms with Crippen LogP contribution in [0.2, 0.25) is 0 Å². The van der Waals surface area contributed by atoms with Crippen molar-refractivity contribution < 1.29 is 9.50 Å². The minimum Gasteiger partial charge on any atom is -0.393 e. The fourth-order valence-electron chi connectivity index (χ4n) is 2.94. The molecule has 0 spiro atoms. The van der Waals surface area contributed by atoms with Crippen molar-refractivity contribution in [3.05, 3.63) is 35.6 Å². The van der Waals surface area contributed by atoms with Crippen LogP contribution in [0.3, 0.4) is 0 Å². The zero-order chi connectivity index (χ0) is 13.7. The van der Waals surface area contributed by atoms with Crippen LogP contribution in [0.1, 0.15) is 50.6 Å². The number of halogens is 1. The second-order valence-electron chi connectivity index (χ2n) is 5.54. The standard InChI is InChI=1S/C16H24FNO/c1-2-15(12-7-5-8-14(17)10-12)18-11-13-6-3-4-9-16(13)19/h5,7-8,10,13,15-16,18-19H,2-4,6,9,11H2,1H3. The first-order valence-electron chi connectivity index (χ1n) is 7.37. The fourth-order valence-corrected chi connectivity index (χ4v) is 2.94. The summed E-state index contributed by atoms with van der Waals surface area (Å²) >= 11 is 0. The molecule has 3 atom stereocenters. The van der Waals surface area contributed by atoms with E-state index in [2.05, 4.69) is 12.2 Å². The summed E-state index contributed by atoms with van der Waals surface area (Å²) < 4.78 is 13.3. The van der Waals surface area contributed by atoms with E-state index in [4.69, 9.17) is 0 Å². The Kier molecular flexibility index (Phi) is 5.34. The van der Waals surface area contributed by atoms with E-state index in [1.165, 1.54) is 12.5 Å². The Morgan fingerprint density at radius 3 is 2.84 bits per heavy atom. The molecule has 1 aromatic carbocycles. The summed E-state index contributed by atoms with van der Waals surface area (Å²) in [5.41, 5.74) is 0.993. The van der Waals surface area contributed by atoms with E-state index in [-0.39, 0.29) is 18.0 Å². The van der Waals surface area contributed by atoms with Gasteiger partial charge in [0.15, 0.2) is 0 Å². The summed E-state index contributed by atoms with van der Waals surface area (Å²) in [7, 11) is 0. The molecule has 2 N–H and O–H groups in total. The average Bonchev–Trinajstić information content (AvgIpc) is 2.41. The summed E-state index contributed by atoms with van der Waals surface area (Å²) in [6.07, 6.45) is 5.11. The summed E-state index contributed by atoms with van der Waals surface area (Å²) in [6, 6.07) is 6.95. The normalized spacial score (nSPS) is 25.2. The molecule has 1 aliphatic carbocycles. The molecular formula is C16H24FNO. The largest absolute Gasteiger partial charge is 0.393 e. The van der Waals surface area contributed by atoms with Gasteiger partial charge in [0.25, 0.3) is 0 Å². The first kappa shape index (κ1) is 14.5. The third-order valence-corrected chi connectivity index (χ3v) is 4.15. The molecule has 19 heavy (non-hydrogen) atoms. The van der Waals surface area contributed by atoms with Crippen LogP contribution in [0.25, 0.3) is 0 Å². The molecule has 0 radical (unpaired) electrons. The molecule has 106 valence electrons. The number of hydrogen-bond donors (Lipinski definition) is 2. The zero-order valence-electron chi connectivity index (χ0n) is 11.6. The van der Waals surface area contributed by atoms with Crippen LogP contribution >= 0.6 is 0 Å². The number of aliphatic hydroxyl groups excluding tert-OH is 1. The predicted molar refractivity (Wildman–Crippen MR) is 75.4 cm³/mol. The van der Waals surface area contributed by atoms with Gasteiger partial charge in [-0.25, -0.2) is 4.39 Å². The summed E-state index contributed by atoms with van der Waals surface area (Å²) in [5, 5.41) is 13.5. The minimum atomic E-state index is -0.185. The summed E-state index contributed by atoms with van der Waals surface area (Å²) in [4.78, 5) is 0. The van der Waals surface area contributed by atoms with Gasteiger partial charge in [-0.1, -0.05) is 31.9 Å². The van der Waals surface area contributed by atoms with Crippen LogP contribution in [0.5, 0.6) is 0 Å². The molecule has 0 amide bonds. The summed E-state index contributed by atoms with van der Waals surface area (Å²) in [6.45, 7) is 2.91. The van der Waals surface area contributed by atoms with E-state index in [1.54, 1.807) is 12.1 Å². The lowest BCUT2D eigenvalue weighted by Gasteiger charge is -2.29. The Labute approximate surface area is 115 Å². The SMILES string of the molecule is CCC(NCC1CCCCC1O)c1cccc(F)c1. The van der Waals surface area contributed by atoms with Crippen molar-refractivity contribution in [2.45, 2.75) is 51.2 Å². The molecule has 3 heteroatoms. The van der Waals surface area contributed by atoms with Gasteiger partial charge < -0.3 is 10.4 Å². The fraction of sp³-hybridized carbons (Fsp3) is 0.625. The highest BCUT2D eigenvalue weighted by molar-refractivity contribution is 5.20. The molecule has 0 bridgehead atoms. The number of nitrogens with one attached hydrogen (secondary N) is 1. The van der Waals surface area contributed by atoms with Gasteiger partial charge in [-0.3, -0.25) is 0 Å². The number of benzene rings is 1. The molecule has 2 nitrogen and oxygen atoms in total. The van der Waals surface area contributed by atoms with E-state index in [0.717, 1.165) is 37.8 Å². The molecule has 2 rings (SSSR count). The first-order valence-corrected chi connectivity index (χ1v) is 7.37. The maximum absolute atomic E-state index is 13.3. The van der Waals surface area contributed by atoms with Crippen molar-refractivity contribution in [3.63, 3.8) is 0 Å². The van der Waals surface area contributed by atoms with Crippen LogP contribution in [0.15, 0.2) is 24.3 Å². The van der Waals surface area contributed by atoms with Crippen molar-refractivity contribution in [1.29, 1.82) is 0 Å². The molecule has 0 aliphatic heterocycles. The van der Waals surface area contributed by atoms with Crippen molar-refractivity contribution >= 4 is 0 Å². The molecule has 1 aromatic rings. The highest BCUT2D eigenvalue weighted by Gasteiger charge is 2.23. The maximum Gasteiger partial charge on any atom is 0.123 e. The lowest BCUT2D eigenvalue weighted by Crippen LogP contribution is -2.35. The van der Waals surface area contributed by atoms with Crippen LogP contribution in [-0.2, 0) is 0 Å². The van der Waals surface area contributed by atoms with Crippen LogP contribution in [-0.4, -0.2) is 17.8 Å². The molecule has 1 fully saturated rings. The van der Waals surface area contributed by atoms with Gasteiger partial charge in [-0.15, -0.1) is 0 Å². The maximum atomic E-state index is 13.3. The van der Waals surface area contributed by atoms with Gasteiger partial charge >= 0.3 is 0 Å². The molecule has 0 heterocycles. The minimum absolute atomic E-state index is 0.171. The van der Waals surface area contributed by atoms with E-state index in [9.17, 15) is 9.50 Å². The van der Waals surface area contributed by atoms with Gasteiger partial charge in [0.05, 0.1) is 6.10 Å². The average molecular weight is 265 g/mol. The Morgan fingerprint density at radius 2 is 2.16 bits per heavy atom. The predicted octanol–water partition coefficient (Wildman–Crippen LogP) is 3.42. The highest BCUT2D eigenvalue weighted by atomic mass is 19.1. The first-order chi connectivity index (χ1) is 9.20. The third kappa shape index (κ3) is 4.02. The molecule has 0 saturated heterocycles. The lowest BCUT2D eigenvalue weighted by atomic mass is 9.86. The Bertz CT molecular complexity index is 396. The number of aliphatic hydroxyl groups is 1. The quantitative estimate of drug-likeness (QED) is 0.855. The molecule has 1 saturated carbocycles. The van der Waals surface area contributed by atoms with E-state index in [0.29, 0.717) is 5.92 Å². The van der Waals surface area contributed by atoms with Gasteiger partial charge in [-0.2, -0.15) is 0 Å². The van der Waals surface area contributed by atoms with Crippen LogP contribution < -0.4 is 5.32 Å². The Balaban J connectivity index is 1.92. The highest BCUT2D eigenvalue weighted by Crippen LogP contribution is 2.25.